The van der Waals surface area contributed by atoms with E-state index in [4.69, 9.17) is 9.47 Å². The molecule has 0 aliphatic rings. The number of hydrogen-bond acceptors (Lipinski definition) is 4. The smallest absolute Gasteiger partial charge is 0.380 e. The molecule has 0 aliphatic carbocycles. The Morgan fingerprint density at radius 2 is 2.11 bits per heavy atom. The number of ether oxygens (including phenoxy) is 2. The Balaban J connectivity index is 2.33. The van der Waals surface area contributed by atoms with E-state index >= 15 is 0 Å². The molecule has 0 bridgehead atoms. The Morgan fingerprint density at radius 1 is 1.33 bits per heavy atom. The Kier molecular flexibility index (Phi) is 3.32. The van der Waals surface area contributed by atoms with Gasteiger partial charge in [0.25, 0.3) is 0 Å². The Hall–Kier alpha value is -2.30. The fourth-order valence-corrected chi connectivity index (χ4v) is 1.59. The van der Waals surface area contributed by atoms with Crippen molar-refractivity contribution in [2.75, 3.05) is 7.11 Å². The largest absolute Gasteiger partial charge is 0.497 e. The highest BCUT2D eigenvalue weighted by molar-refractivity contribution is 6.34. The molecule has 0 fully saturated rings. The van der Waals surface area contributed by atoms with Crippen LogP contribution in [0.3, 0.4) is 0 Å². The van der Waals surface area contributed by atoms with Crippen molar-refractivity contribution in [1.29, 1.82) is 0 Å². The third-order valence-corrected chi connectivity index (χ3v) is 2.60. The lowest BCUT2D eigenvalue weighted by atomic mass is 10.2. The minimum absolute atomic E-state index is 0.129. The van der Waals surface area contributed by atoms with Crippen LogP contribution in [0.15, 0.2) is 24.4 Å². The fourth-order valence-electron chi connectivity index (χ4n) is 1.59. The van der Waals surface area contributed by atoms with Gasteiger partial charge in [-0.3, -0.25) is 4.79 Å². The molecule has 5 heteroatoms. The maximum atomic E-state index is 11.4. The molecule has 0 atom stereocenters. The zero-order valence-corrected chi connectivity index (χ0v) is 10.1. The monoisotopic (exact) mass is 247 g/mol. The predicted octanol–water partition coefficient (Wildman–Crippen LogP) is 2.06. The first-order valence-electron chi connectivity index (χ1n) is 5.55. The number of H-pyrrole nitrogens is 1. The molecule has 1 N–H and O–H groups in total. The number of esters is 1. The summed E-state index contributed by atoms with van der Waals surface area (Å²) in [5.74, 6) is -0.412. The number of Topliss-reactive ketones (excluding diaryl/α,β-unsaturated/α-hetero) is 1. The van der Waals surface area contributed by atoms with Gasteiger partial charge in [0.2, 0.25) is 5.78 Å². The average molecular weight is 247 g/mol. The van der Waals surface area contributed by atoms with Gasteiger partial charge in [-0.05, 0) is 18.2 Å². The molecule has 1 aromatic heterocycles. The van der Waals surface area contributed by atoms with E-state index in [-0.39, 0.29) is 6.42 Å². The maximum Gasteiger partial charge on any atom is 0.380 e. The van der Waals surface area contributed by atoms with E-state index in [1.807, 2.05) is 6.07 Å². The van der Waals surface area contributed by atoms with Gasteiger partial charge >= 0.3 is 5.97 Å². The third kappa shape index (κ3) is 2.20. The van der Waals surface area contributed by atoms with Crippen molar-refractivity contribution in [2.24, 2.45) is 0 Å². The number of ketones is 1. The number of methoxy groups -OCH3 is 1. The van der Waals surface area contributed by atoms with Crippen molar-refractivity contribution in [3.63, 3.8) is 0 Å². The first-order chi connectivity index (χ1) is 8.65. The number of hydrogen-bond donors (Lipinski definition) is 1. The zero-order valence-electron chi connectivity index (χ0n) is 10.1. The number of nitrogens with one attached hydrogen (secondary N) is 1. The predicted molar refractivity (Wildman–Crippen MR) is 65.8 cm³/mol. The van der Waals surface area contributed by atoms with Crippen molar-refractivity contribution in [3.8, 4) is 11.5 Å². The topological polar surface area (TPSA) is 68.4 Å². The van der Waals surface area contributed by atoms with Gasteiger partial charge in [0.15, 0.2) is 5.75 Å². The van der Waals surface area contributed by atoms with Crippen LogP contribution in [0, 0.1) is 0 Å². The van der Waals surface area contributed by atoms with E-state index < -0.39 is 11.8 Å². The van der Waals surface area contributed by atoms with Gasteiger partial charge in [-0.25, -0.2) is 4.79 Å². The van der Waals surface area contributed by atoms with Crippen LogP contribution in [0.2, 0.25) is 0 Å². The van der Waals surface area contributed by atoms with E-state index in [1.165, 1.54) is 0 Å². The minimum Gasteiger partial charge on any atom is -0.497 e. The third-order valence-electron chi connectivity index (χ3n) is 2.60. The van der Waals surface area contributed by atoms with Crippen molar-refractivity contribution in [3.05, 3.63) is 24.4 Å². The summed E-state index contributed by atoms with van der Waals surface area (Å²) in [7, 11) is 1.56. The second-order valence-electron chi connectivity index (χ2n) is 3.73. The van der Waals surface area contributed by atoms with Crippen LogP contribution in [0.5, 0.6) is 11.5 Å². The normalized spacial score (nSPS) is 10.3. The summed E-state index contributed by atoms with van der Waals surface area (Å²) in [6.07, 6.45) is 1.68. The van der Waals surface area contributed by atoms with E-state index in [9.17, 15) is 9.59 Å². The molecule has 0 saturated heterocycles. The SMILES string of the molecule is CCC(=O)C(=O)Oc1c[nH]c2ccc(OC)cc12. The number of carbonyl (C=O) groups excluding carboxylic acids is 2. The first kappa shape index (κ1) is 12.2. The molecule has 0 unspecified atom stereocenters. The molecule has 2 aromatic rings. The van der Waals surface area contributed by atoms with Crippen LogP contribution in [0.4, 0.5) is 0 Å². The highest BCUT2D eigenvalue weighted by atomic mass is 16.5. The summed E-state index contributed by atoms with van der Waals surface area (Å²) in [6, 6.07) is 5.35. The van der Waals surface area contributed by atoms with Crippen LogP contribution in [0.1, 0.15) is 13.3 Å². The van der Waals surface area contributed by atoms with E-state index in [2.05, 4.69) is 4.98 Å². The molecule has 5 nitrogen and oxygen atoms in total. The molecule has 0 aliphatic heterocycles. The number of carbonyl (C=O) groups is 2. The molecule has 1 heterocycles. The number of fused-ring (bicyclic) bond motifs is 1. The number of rotatable bonds is 4. The van der Waals surface area contributed by atoms with Gasteiger partial charge in [0.1, 0.15) is 5.75 Å². The molecule has 18 heavy (non-hydrogen) atoms. The van der Waals surface area contributed by atoms with E-state index in [1.54, 1.807) is 32.4 Å². The molecule has 1 aromatic carbocycles. The average Bonchev–Trinajstić information content (AvgIpc) is 2.80. The minimum atomic E-state index is -0.846. The van der Waals surface area contributed by atoms with Crippen LogP contribution in [-0.2, 0) is 9.59 Å². The quantitative estimate of drug-likeness (QED) is 0.663. The second-order valence-corrected chi connectivity index (χ2v) is 3.73. The summed E-state index contributed by atoms with van der Waals surface area (Å²) in [5.41, 5.74) is 0.808. The summed E-state index contributed by atoms with van der Waals surface area (Å²) < 4.78 is 10.1. The standard InChI is InChI=1S/C13H13NO4/c1-3-11(15)13(16)18-12-7-14-10-5-4-8(17-2)6-9(10)12/h4-7,14H,3H2,1-2H3. The molecule has 0 saturated carbocycles. The zero-order chi connectivity index (χ0) is 13.1. The van der Waals surface area contributed by atoms with Crippen LogP contribution in [0.25, 0.3) is 10.9 Å². The molecule has 2 rings (SSSR count). The van der Waals surface area contributed by atoms with Crippen molar-refractivity contribution >= 4 is 22.7 Å². The van der Waals surface area contributed by atoms with Gasteiger partial charge in [-0.2, -0.15) is 0 Å². The van der Waals surface area contributed by atoms with E-state index in [0.29, 0.717) is 16.9 Å². The highest BCUT2D eigenvalue weighted by Gasteiger charge is 2.16. The Bertz CT molecular complexity index is 600. The first-order valence-corrected chi connectivity index (χ1v) is 5.55. The summed E-state index contributed by atoms with van der Waals surface area (Å²) in [5, 5.41) is 0.701. The van der Waals surface area contributed by atoms with Gasteiger partial charge in [0, 0.05) is 23.5 Å². The molecular formula is C13H13NO4. The Labute approximate surface area is 104 Å². The van der Waals surface area contributed by atoms with Crippen molar-refractivity contribution < 1.29 is 19.1 Å². The summed E-state index contributed by atoms with van der Waals surface area (Å²) in [4.78, 5) is 25.6. The molecule has 0 amide bonds. The fraction of sp³-hybridized carbons (Fsp3) is 0.231. The second kappa shape index (κ2) is 4.91. The Morgan fingerprint density at radius 3 is 2.78 bits per heavy atom. The highest BCUT2D eigenvalue weighted by Crippen LogP contribution is 2.29. The number of aromatic amines is 1. The van der Waals surface area contributed by atoms with Crippen LogP contribution >= 0.6 is 0 Å². The van der Waals surface area contributed by atoms with Crippen LogP contribution in [-0.4, -0.2) is 23.8 Å². The van der Waals surface area contributed by atoms with Crippen molar-refractivity contribution in [2.45, 2.75) is 13.3 Å². The molecule has 0 radical (unpaired) electrons. The number of benzene rings is 1. The molecular weight excluding hydrogens is 234 g/mol. The van der Waals surface area contributed by atoms with Gasteiger partial charge in [0.05, 0.1) is 7.11 Å². The van der Waals surface area contributed by atoms with Gasteiger partial charge < -0.3 is 14.5 Å². The lowest BCUT2D eigenvalue weighted by Gasteiger charge is -2.02. The summed E-state index contributed by atoms with van der Waals surface area (Å²) in [6.45, 7) is 1.61. The molecule has 94 valence electrons. The van der Waals surface area contributed by atoms with Gasteiger partial charge in [-0.15, -0.1) is 0 Å². The lowest BCUT2D eigenvalue weighted by molar-refractivity contribution is -0.146. The maximum absolute atomic E-state index is 11.4. The van der Waals surface area contributed by atoms with Crippen LogP contribution < -0.4 is 9.47 Å². The molecule has 0 spiro atoms. The van der Waals surface area contributed by atoms with Crippen molar-refractivity contribution in [1.82, 2.24) is 4.98 Å². The number of aromatic nitrogens is 1. The van der Waals surface area contributed by atoms with E-state index in [0.717, 1.165) is 5.52 Å². The van der Waals surface area contributed by atoms with Gasteiger partial charge in [-0.1, -0.05) is 6.92 Å². The lowest BCUT2D eigenvalue weighted by Crippen LogP contribution is -2.18. The summed E-state index contributed by atoms with van der Waals surface area (Å²) >= 11 is 0.